The lowest BCUT2D eigenvalue weighted by molar-refractivity contribution is -0.151. The highest BCUT2D eigenvalue weighted by atomic mass is 16.5. The van der Waals surface area contributed by atoms with Gasteiger partial charge in [-0.1, -0.05) is 263 Å². The highest BCUT2D eigenvalue weighted by Gasteiger charge is 2.24. The van der Waals surface area contributed by atoms with Crippen LogP contribution >= 0.6 is 0 Å². The molecule has 0 aromatic heterocycles. The van der Waals surface area contributed by atoms with Crippen LogP contribution in [0.5, 0.6) is 0 Å². The van der Waals surface area contributed by atoms with Crippen LogP contribution in [0.3, 0.4) is 0 Å². The van der Waals surface area contributed by atoms with Crippen LogP contribution in [0.1, 0.15) is 316 Å². The van der Waals surface area contributed by atoms with Gasteiger partial charge < -0.3 is 20.3 Å². The van der Waals surface area contributed by atoms with E-state index < -0.39 is 18.2 Å². The number of unbranched alkanes of at least 4 members (excludes halogenated alkanes) is 37. The number of esters is 1. The number of nitrogens with one attached hydrogen (secondary N) is 1. The number of hydrogen-bond donors (Lipinski definition) is 3. The molecule has 0 saturated heterocycles. The van der Waals surface area contributed by atoms with Crippen LogP contribution in [0.4, 0.5) is 0 Å². The van der Waals surface area contributed by atoms with Gasteiger partial charge in [0.1, 0.15) is 6.10 Å². The van der Waals surface area contributed by atoms with Gasteiger partial charge in [0.05, 0.1) is 25.2 Å². The van der Waals surface area contributed by atoms with Crippen LogP contribution in [0.2, 0.25) is 0 Å². The lowest BCUT2D eigenvalue weighted by Gasteiger charge is -2.24. The van der Waals surface area contributed by atoms with E-state index in [9.17, 15) is 19.8 Å². The molecule has 0 radical (unpaired) electrons. The van der Waals surface area contributed by atoms with Crippen molar-refractivity contribution < 1.29 is 24.5 Å². The van der Waals surface area contributed by atoms with Crippen LogP contribution in [-0.4, -0.2) is 46.9 Å². The van der Waals surface area contributed by atoms with Crippen LogP contribution in [0.25, 0.3) is 0 Å². The second-order valence-electron chi connectivity index (χ2n) is 20.4. The van der Waals surface area contributed by atoms with Crippen molar-refractivity contribution in [2.24, 2.45) is 0 Å². The van der Waals surface area contributed by atoms with E-state index in [4.69, 9.17) is 4.74 Å². The van der Waals surface area contributed by atoms with Crippen LogP contribution in [0.15, 0.2) is 36.5 Å². The van der Waals surface area contributed by atoms with Gasteiger partial charge in [0.15, 0.2) is 0 Å². The molecule has 394 valence electrons. The zero-order chi connectivity index (χ0) is 48.8. The third-order valence-electron chi connectivity index (χ3n) is 13.7. The van der Waals surface area contributed by atoms with Crippen molar-refractivity contribution in [3.8, 4) is 0 Å². The molecule has 3 unspecified atom stereocenters. The van der Waals surface area contributed by atoms with Gasteiger partial charge in [-0.05, 0) is 77.0 Å². The minimum Gasteiger partial charge on any atom is -0.462 e. The summed E-state index contributed by atoms with van der Waals surface area (Å²) in [7, 11) is 0. The monoisotopic (exact) mass is 942 g/mol. The second kappa shape index (κ2) is 55.0. The van der Waals surface area contributed by atoms with Crippen molar-refractivity contribution in [2.75, 3.05) is 6.61 Å². The highest BCUT2D eigenvalue weighted by molar-refractivity contribution is 5.77. The zero-order valence-electron chi connectivity index (χ0n) is 45.0. The molecule has 6 heteroatoms. The average Bonchev–Trinajstić information content (AvgIpc) is 3.32. The molecule has 3 atom stereocenters. The Kier molecular flexibility index (Phi) is 53.4. The van der Waals surface area contributed by atoms with Crippen molar-refractivity contribution in [2.45, 2.75) is 334 Å². The molecule has 0 heterocycles. The number of carbonyl (C=O) groups is 2. The number of allylic oxidation sites excluding steroid dienone is 6. The predicted molar refractivity (Wildman–Crippen MR) is 292 cm³/mol. The maximum absolute atomic E-state index is 13.3. The van der Waals surface area contributed by atoms with E-state index in [0.29, 0.717) is 19.3 Å². The predicted octanol–water partition coefficient (Wildman–Crippen LogP) is 18.4. The number of carbonyl (C=O) groups excluding carboxylic acids is 2. The van der Waals surface area contributed by atoms with Gasteiger partial charge in [-0.2, -0.15) is 0 Å². The van der Waals surface area contributed by atoms with Gasteiger partial charge in [-0.15, -0.1) is 0 Å². The van der Waals surface area contributed by atoms with Gasteiger partial charge in [0.25, 0.3) is 0 Å². The zero-order valence-corrected chi connectivity index (χ0v) is 45.0. The van der Waals surface area contributed by atoms with E-state index in [1.54, 1.807) is 0 Å². The summed E-state index contributed by atoms with van der Waals surface area (Å²) in [5.74, 6) is -0.492. The normalized spacial score (nSPS) is 13.3. The first-order valence-electron chi connectivity index (χ1n) is 29.7. The van der Waals surface area contributed by atoms with Gasteiger partial charge >= 0.3 is 5.97 Å². The minimum absolute atomic E-state index is 0.0637. The first-order chi connectivity index (χ1) is 33.0. The first kappa shape index (κ1) is 65.1. The first-order valence-corrected chi connectivity index (χ1v) is 29.7. The Bertz CT molecular complexity index is 1100. The van der Waals surface area contributed by atoms with Crippen molar-refractivity contribution in [3.05, 3.63) is 36.5 Å². The Morgan fingerprint density at radius 3 is 1.16 bits per heavy atom. The molecular weight excluding hydrogens is 827 g/mol. The van der Waals surface area contributed by atoms with Crippen molar-refractivity contribution in [1.82, 2.24) is 5.32 Å². The van der Waals surface area contributed by atoms with E-state index in [2.05, 4.69) is 62.5 Å². The molecule has 0 bridgehead atoms. The smallest absolute Gasteiger partial charge is 0.306 e. The molecule has 6 nitrogen and oxygen atoms in total. The quantitative estimate of drug-likeness (QED) is 0.0244. The van der Waals surface area contributed by atoms with Gasteiger partial charge in [0, 0.05) is 6.42 Å². The maximum atomic E-state index is 13.3. The topological polar surface area (TPSA) is 95.9 Å². The molecule has 0 aliphatic rings. The standard InChI is InChI=1S/C61H115NO5/c1-4-7-10-13-16-19-22-25-28-30-31-33-36-39-42-45-48-51-54-61(66)67-57(52-49-46-43-40-37-34-27-24-21-18-15-12-9-6-3)55-60(65)62-58(56-63)59(64)53-50-47-44-41-38-35-32-29-26-23-20-17-14-11-8-5-2/h28,30-31,33-34,37,57-59,63-64H,4-27,29,32,35-36,38-56H2,1-3H3,(H,62,65)/b30-28+,33-31+,37-34+. The molecule has 0 spiro atoms. The van der Waals surface area contributed by atoms with Crippen molar-refractivity contribution in [1.29, 1.82) is 0 Å². The third kappa shape index (κ3) is 50.3. The molecule has 0 saturated carbocycles. The number of hydrogen-bond acceptors (Lipinski definition) is 5. The molecule has 67 heavy (non-hydrogen) atoms. The Morgan fingerprint density at radius 1 is 0.433 bits per heavy atom. The fraction of sp³-hybridized carbons (Fsp3) is 0.869. The van der Waals surface area contributed by atoms with Crippen molar-refractivity contribution in [3.63, 3.8) is 0 Å². The number of rotatable bonds is 54. The van der Waals surface area contributed by atoms with Crippen LogP contribution in [0, 0.1) is 0 Å². The van der Waals surface area contributed by atoms with E-state index >= 15 is 0 Å². The summed E-state index contributed by atoms with van der Waals surface area (Å²) in [6.45, 7) is 6.51. The van der Waals surface area contributed by atoms with E-state index in [0.717, 1.165) is 70.6 Å². The Hall–Kier alpha value is -1.92. The summed E-state index contributed by atoms with van der Waals surface area (Å²) in [5, 5.41) is 23.9. The molecule has 0 aliphatic carbocycles. The number of amides is 1. The Balaban J connectivity index is 4.55. The third-order valence-corrected chi connectivity index (χ3v) is 13.7. The SMILES string of the molecule is CCCCCCCCC/C=C/C=C/CCCCCCCC(=O)OC(CCCCC/C=C/CCCCCCCCC)CC(=O)NC(CO)C(O)CCCCCCCCCCCCCCCCCC. The molecule has 0 aromatic carbocycles. The van der Waals surface area contributed by atoms with Crippen LogP contribution < -0.4 is 5.32 Å². The second-order valence-corrected chi connectivity index (χ2v) is 20.4. The fourth-order valence-electron chi connectivity index (χ4n) is 9.18. The number of ether oxygens (including phenoxy) is 1. The molecule has 0 fully saturated rings. The molecule has 1 amide bonds. The molecule has 3 N–H and O–H groups in total. The van der Waals surface area contributed by atoms with Gasteiger partial charge in [-0.25, -0.2) is 0 Å². The maximum Gasteiger partial charge on any atom is 0.306 e. The molecule has 0 aromatic rings. The van der Waals surface area contributed by atoms with E-state index in [1.165, 1.54) is 199 Å². The van der Waals surface area contributed by atoms with E-state index in [-0.39, 0.29) is 24.9 Å². The fourth-order valence-corrected chi connectivity index (χ4v) is 9.18. The van der Waals surface area contributed by atoms with Gasteiger partial charge in [-0.3, -0.25) is 9.59 Å². The number of aliphatic hydroxyl groups excluding tert-OH is 2. The highest BCUT2D eigenvalue weighted by Crippen LogP contribution is 2.18. The summed E-state index contributed by atoms with van der Waals surface area (Å²) in [6, 6.07) is -0.709. The van der Waals surface area contributed by atoms with Crippen LogP contribution in [-0.2, 0) is 14.3 Å². The van der Waals surface area contributed by atoms with E-state index in [1.807, 2.05) is 0 Å². The average molecular weight is 943 g/mol. The molecular formula is C61H115NO5. The molecule has 0 rings (SSSR count). The largest absolute Gasteiger partial charge is 0.462 e. The lowest BCUT2D eigenvalue weighted by Crippen LogP contribution is -2.46. The summed E-state index contributed by atoms with van der Waals surface area (Å²) < 4.78 is 5.95. The summed E-state index contributed by atoms with van der Waals surface area (Å²) in [6.07, 6.45) is 66.4. The lowest BCUT2D eigenvalue weighted by atomic mass is 10.0. The van der Waals surface area contributed by atoms with Crippen molar-refractivity contribution >= 4 is 11.9 Å². The summed E-state index contributed by atoms with van der Waals surface area (Å²) in [4.78, 5) is 26.3. The summed E-state index contributed by atoms with van der Waals surface area (Å²) in [5.41, 5.74) is 0. The molecule has 0 aliphatic heterocycles. The summed E-state index contributed by atoms with van der Waals surface area (Å²) >= 11 is 0. The minimum atomic E-state index is -0.794. The Morgan fingerprint density at radius 2 is 0.761 bits per heavy atom. The Labute approximate surface area is 417 Å². The van der Waals surface area contributed by atoms with Gasteiger partial charge in [0.2, 0.25) is 5.91 Å². The number of aliphatic hydroxyl groups is 2.